The molecular formula is C20H21NO4. The third-order valence-corrected chi connectivity index (χ3v) is 4.78. The predicted molar refractivity (Wildman–Crippen MR) is 93.6 cm³/mol. The lowest BCUT2D eigenvalue weighted by Gasteiger charge is -2.35. The van der Waals surface area contributed by atoms with Crippen molar-refractivity contribution in [3.05, 3.63) is 65.2 Å². The Balaban J connectivity index is 1.86. The molecule has 0 radical (unpaired) electrons. The number of hydrogen-bond donors (Lipinski definition) is 2. The van der Waals surface area contributed by atoms with Gasteiger partial charge in [0, 0.05) is 0 Å². The molecule has 1 amide bonds. The lowest BCUT2D eigenvalue weighted by atomic mass is 9.76. The maximum atomic E-state index is 12.8. The summed E-state index contributed by atoms with van der Waals surface area (Å²) in [6.07, 6.45) is 0.476. The van der Waals surface area contributed by atoms with Gasteiger partial charge in [-0.1, -0.05) is 36.4 Å². The van der Waals surface area contributed by atoms with Crippen LogP contribution in [0, 0.1) is 0 Å². The zero-order valence-electron chi connectivity index (χ0n) is 14.3. The monoisotopic (exact) mass is 339 g/mol. The van der Waals surface area contributed by atoms with Crippen molar-refractivity contribution in [3.63, 3.8) is 0 Å². The Bertz CT molecular complexity index is 817. The number of methoxy groups -OCH3 is 1. The number of rotatable bonds is 6. The average molecular weight is 339 g/mol. The number of carbonyl (C=O) groups excluding carboxylic acids is 1. The van der Waals surface area contributed by atoms with E-state index in [1.165, 1.54) is 5.56 Å². The number of ether oxygens (including phenoxy) is 1. The van der Waals surface area contributed by atoms with E-state index in [4.69, 9.17) is 4.74 Å². The van der Waals surface area contributed by atoms with Gasteiger partial charge in [0.25, 0.3) is 0 Å². The second kappa shape index (κ2) is 6.59. The summed E-state index contributed by atoms with van der Waals surface area (Å²) in [4.78, 5) is 24.2. The summed E-state index contributed by atoms with van der Waals surface area (Å²) < 4.78 is 5.23. The number of carboxylic acid groups (broad SMARTS) is 1. The summed E-state index contributed by atoms with van der Waals surface area (Å²) in [5.41, 5.74) is 1.88. The molecule has 2 aromatic rings. The molecule has 5 heteroatoms. The van der Waals surface area contributed by atoms with Crippen molar-refractivity contribution in [1.29, 1.82) is 0 Å². The van der Waals surface area contributed by atoms with Crippen molar-refractivity contribution in [3.8, 4) is 5.75 Å². The summed E-state index contributed by atoms with van der Waals surface area (Å²) >= 11 is 0. The summed E-state index contributed by atoms with van der Waals surface area (Å²) in [5, 5.41) is 12.3. The zero-order chi connectivity index (χ0) is 18.0. The molecule has 130 valence electrons. The van der Waals surface area contributed by atoms with Crippen LogP contribution < -0.4 is 10.1 Å². The first-order valence-corrected chi connectivity index (χ1v) is 8.19. The number of carbonyl (C=O) groups is 2. The molecule has 2 unspecified atom stereocenters. The van der Waals surface area contributed by atoms with Gasteiger partial charge in [0.2, 0.25) is 5.91 Å². The van der Waals surface area contributed by atoms with Gasteiger partial charge in [0.05, 0.1) is 25.0 Å². The third-order valence-electron chi connectivity index (χ3n) is 4.78. The van der Waals surface area contributed by atoms with Gasteiger partial charge in [-0.15, -0.1) is 0 Å². The van der Waals surface area contributed by atoms with Crippen molar-refractivity contribution in [2.45, 2.75) is 31.2 Å². The van der Waals surface area contributed by atoms with Crippen LogP contribution in [-0.2, 0) is 21.5 Å². The Morgan fingerprint density at radius 2 is 2.00 bits per heavy atom. The molecule has 0 fully saturated rings. The molecule has 0 saturated heterocycles. The van der Waals surface area contributed by atoms with Crippen LogP contribution in [0.3, 0.4) is 0 Å². The second-order valence-corrected chi connectivity index (χ2v) is 6.58. The van der Waals surface area contributed by atoms with Gasteiger partial charge < -0.3 is 15.2 Å². The summed E-state index contributed by atoms with van der Waals surface area (Å²) in [7, 11) is 1.55. The Morgan fingerprint density at radius 3 is 2.68 bits per heavy atom. The van der Waals surface area contributed by atoms with Crippen LogP contribution >= 0.6 is 0 Å². The number of nitrogens with one attached hydrogen (secondary N) is 1. The lowest BCUT2D eigenvalue weighted by molar-refractivity contribution is -0.139. The van der Waals surface area contributed by atoms with Gasteiger partial charge in [-0.3, -0.25) is 9.59 Å². The molecule has 25 heavy (non-hydrogen) atoms. The summed E-state index contributed by atoms with van der Waals surface area (Å²) in [5.74, 6) is -0.725. The second-order valence-electron chi connectivity index (χ2n) is 6.58. The maximum absolute atomic E-state index is 12.8. The minimum absolute atomic E-state index is 0.148. The molecule has 0 heterocycles. The highest BCUT2D eigenvalue weighted by molar-refractivity contribution is 5.88. The molecule has 0 aliphatic heterocycles. The third kappa shape index (κ3) is 3.36. The van der Waals surface area contributed by atoms with Crippen LogP contribution in [0.15, 0.2) is 48.5 Å². The van der Waals surface area contributed by atoms with Crippen molar-refractivity contribution in [1.82, 2.24) is 5.32 Å². The Morgan fingerprint density at radius 1 is 1.24 bits per heavy atom. The molecule has 0 saturated carbocycles. The number of amides is 1. The topological polar surface area (TPSA) is 75.6 Å². The fraction of sp³-hybridized carbons (Fsp3) is 0.300. The molecule has 5 nitrogen and oxygen atoms in total. The smallest absolute Gasteiger partial charge is 0.306 e. The fourth-order valence-electron chi connectivity index (χ4n) is 3.34. The highest BCUT2D eigenvalue weighted by atomic mass is 16.5. The average Bonchev–Trinajstić information content (AvgIpc) is 2.55. The van der Waals surface area contributed by atoms with E-state index in [1.54, 1.807) is 38.3 Å². The highest BCUT2D eigenvalue weighted by Gasteiger charge is 2.38. The van der Waals surface area contributed by atoms with Crippen molar-refractivity contribution < 1.29 is 19.4 Å². The van der Waals surface area contributed by atoms with E-state index in [-0.39, 0.29) is 18.2 Å². The minimum atomic E-state index is -1.01. The molecule has 1 aliphatic carbocycles. The number of aliphatic carboxylic acids is 1. The Hall–Kier alpha value is -2.82. The number of benzene rings is 2. The number of carboxylic acids is 1. The van der Waals surface area contributed by atoms with E-state index >= 15 is 0 Å². The first-order chi connectivity index (χ1) is 11.9. The molecule has 0 spiro atoms. The van der Waals surface area contributed by atoms with E-state index in [0.29, 0.717) is 17.7 Å². The summed E-state index contributed by atoms with van der Waals surface area (Å²) in [6.45, 7) is 1.73. The van der Waals surface area contributed by atoms with Gasteiger partial charge in [-0.2, -0.15) is 0 Å². The maximum Gasteiger partial charge on any atom is 0.306 e. The van der Waals surface area contributed by atoms with Crippen molar-refractivity contribution in [2.24, 2.45) is 0 Å². The van der Waals surface area contributed by atoms with E-state index in [2.05, 4.69) is 5.32 Å². The Kier molecular flexibility index (Phi) is 4.49. The summed E-state index contributed by atoms with van der Waals surface area (Å²) in [6, 6.07) is 15.0. The van der Waals surface area contributed by atoms with E-state index in [1.807, 2.05) is 24.3 Å². The SMILES string of the molecule is COc1cccc(C(C)(CC(=O)O)NC(=O)C2Cc3ccccc32)c1. The van der Waals surface area contributed by atoms with Gasteiger partial charge in [0.1, 0.15) is 5.75 Å². The largest absolute Gasteiger partial charge is 0.497 e. The van der Waals surface area contributed by atoms with Gasteiger partial charge >= 0.3 is 5.97 Å². The van der Waals surface area contributed by atoms with Crippen LogP contribution in [-0.4, -0.2) is 24.1 Å². The quantitative estimate of drug-likeness (QED) is 0.848. The molecule has 2 aromatic carbocycles. The molecule has 2 N–H and O–H groups in total. The molecule has 0 bridgehead atoms. The van der Waals surface area contributed by atoms with E-state index < -0.39 is 11.5 Å². The van der Waals surface area contributed by atoms with E-state index in [0.717, 1.165) is 5.56 Å². The van der Waals surface area contributed by atoms with Crippen LogP contribution in [0.2, 0.25) is 0 Å². The highest BCUT2D eigenvalue weighted by Crippen LogP contribution is 2.36. The standard InChI is InChI=1S/C20H21NO4/c1-20(12-18(22)23,14-7-5-8-15(11-14)25-2)21-19(24)17-10-13-6-3-4-9-16(13)17/h3-9,11,17H,10,12H2,1-2H3,(H,21,24)(H,22,23). The van der Waals surface area contributed by atoms with Gasteiger partial charge in [-0.25, -0.2) is 0 Å². The molecule has 3 rings (SSSR count). The van der Waals surface area contributed by atoms with E-state index in [9.17, 15) is 14.7 Å². The zero-order valence-corrected chi connectivity index (χ0v) is 14.3. The van der Waals surface area contributed by atoms with Crippen LogP contribution in [0.25, 0.3) is 0 Å². The molecular weight excluding hydrogens is 318 g/mol. The van der Waals surface area contributed by atoms with Gasteiger partial charge in [-0.05, 0) is 42.2 Å². The van der Waals surface area contributed by atoms with Crippen molar-refractivity contribution >= 4 is 11.9 Å². The van der Waals surface area contributed by atoms with Crippen LogP contribution in [0.4, 0.5) is 0 Å². The fourth-order valence-corrected chi connectivity index (χ4v) is 3.34. The van der Waals surface area contributed by atoms with Crippen LogP contribution in [0.5, 0.6) is 5.75 Å². The number of hydrogen-bond acceptors (Lipinski definition) is 3. The minimum Gasteiger partial charge on any atom is -0.497 e. The predicted octanol–water partition coefficient (Wildman–Crippen LogP) is 2.84. The first kappa shape index (κ1) is 17.0. The normalized spacial score (nSPS) is 17.6. The number of fused-ring (bicyclic) bond motifs is 1. The van der Waals surface area contributed by atoms with Crippen molar-refractivity contribution in [2.75, 3.05) is 7.11 Å². The Labute approximate surface area is 146 Å². The molecule has 2 atom stereocenters. The molecule has 1 aliphatic rings. The van der Waals surface area contributed by atoms with Gasteiger partial charge in [0.15, 0.2) is 0 Å². The first-order valence-electron chi connectivity index (χ1n) is 8.19. The van der Waals surface area contributed by atoms with Crippen LogP contribution in [0.1, 0.15) is 36.0 Å². The lowest BCUT2D eigenvalue weighted by Crippen LogP contribution is -2.48. The molecule has 0 aromatic heterocycles.